The van der Waals surface area contributed by atoms with Crippen molar-refractivity contribution < 1.29 is 13.2 Å². The summed E-state index contributed by atoms with van der Waals surface area (Å²) >= 11 is 0. The second-order valence-corrected chi connectivity index (χ2v) is 8.43. The average molecular weight is 366 g/mol. The van der Waals surface area contributed by atoms with E-state index in [9.17, 15) is 13.2 Å². The number of hydrogen-bond acceptors (Lipinski definition) is 5. The van der Waals surface area contributed by atoms with Crippen LogP contribution in [0.15, 0.2) is 34.2 Å². The molecule has 1 aliphatic rings. The minimum atomic E-state index is -3.48. The van der Waals surface area contributed by atoms with Crippen LogP contribution in [0.25, 0.3) is 0 Å². The van der Waals surface area contributed by atoms with Crippen molar-refractivity contribution >= 4 is 21.8 Å². The molecule has 0 bridgehead atoms. The van der Waals surface area contributed by atoms with Crippen molar-refractivity contribution in [2.75, 3.05) is 13.1 Å². The van der Waals surface area contributed by atoms with Crippen LogP contribution in [0.1, 0.15) is 45.1 Å². The number of nitrogens with two attached hydrogens (primary N) is 1. The molecule has 1 heterocycles. The molecule has 7 nitrogen and oxygen atoms in total. The second-order valence-electron chi connectivity index (χ2n) is 6.78. The minimum absolute atomic E-state index is 0.000700. The molecule has 0 unspecified atom stereocenters. The summed E-state index contributed by atoms with van der Waals surface area (Å²) in [5.41, 5.74) is 5.82. The van der Waals surface area contributed by atoms with Gasteiger partial charge >= 0.3 is 0 Å². The van der Waals surface area contributed by atoms with Gasteiger partial charge in [-0.2, -0.15) is 0 Å². The summed E-state index contributed by atoms with van der Waals surface area (Å²) in [7, 11) is -3.48. The Kier molecular flexibility index (Phi) is 6.18. The van der Waals surface area contributed by atoms with E-state index in [-0.39, 0.29) is 16.3 Å². The molecule has 0 spiro atoms. The SMILES string of the molecule is CC(C)(CN)NC(=O)CCCCCN=C1NS(=O)(=O)c2ccccc21. The Morgan fingerprint density at radius 2 is 1.96 bits per heavy atom. The first-order chi connectivity index (χ1) is 11.7. The predicted molar refractivity (Wildman–Crippen MR) is 97.9 cm³/mol. The lowest BCUT2D eigenvalue weighted by molar-refractivity contribution is -0.122. The van der Waals surface area contributed by atoms with Gasteiger partial charge in [0.25, 0.3) is 10.0 Å². The third kappa shape index (κ3) is 5.27. The fraction of sp³-hybridized carbons (Fsp3) is 0.529. The summed E-state index contributed by atoms with van der Waals surface area (Å²) in [5, 5.41) is 2.89. The van der Waals surface area contributed by atoms with Crippen molar-refractivity contribution in [1.29, 1.82) is 0 Å². The number of carbonyl (C=O) groups excluding carboxylic acids is 1. The number of nitrogens with zero attached hydrogens (tertiary/aromatic N) is 1. The monoisotopic (exact) mass is 366 g/mol. The van der Waals surface area contributed by atoms with Crippen molar-refractivity contribution in [2.45, 2.75) is 50.0 Å². The molecule has 0 saturated carbocycles. The maximum absolute atomic E-state index is 12.0. The molecule has 1 aromatic carbocycles. The Morgan fingerprint density at radius 3 is 2.68 bits per heavy atom. The van der Waals surface area contributed by atoms with Gasteiger partial charge in [-0.1, -0.05) is 18.6 Å². The number of carbonyl (C=O) groups is 1. The summed E-state index contributed by atoms with van der Waals surface area (Å²) < 4.78 is 26.4. The average Bonchev–Trinajstić information content (AvgIpc) is 2.82. The number of nitrogens with one attached hydrogen (secondary N) is 2. The topological polar surface area (TPSA) is 114 Å². The van der Waals surface area contributed by atoms with Crippen molar-refractivity contribution in [2.24, 2.45) is 10.7 Å². The predicted octanol–water partition coefficient (Wildman–Crippen LogP) is 1.14. The third-order valence-corrected chi connectivity index (χ3v) is 5.38. The fourth-order valence-electron chi connectivity index (χ4n) is 2.51. The maximum atomic E-state index is 12.0. The van der Waals surface area contributed by atoms with Gasteiger partial charge in [-0.15, -0.1) is 0 Å². The van der Waals surface area contributed by atoms with Crippen LogP contribution in [-0.2, 0) is 14.8 Å². The molecule has 0 atom stereocenters. The van der Waals surface area contributed by atoms with Gasteiger partial charge in [-0.3, -0.25) is 14.5 Å². The second kappa shape index (κ2) is 7.97. The summed E-state index contributed by atoms with van der Waals surface area (Å²) in [6.07, 6.45) is 2.86. The number of fused-ring (bicyclic) bond motifs is 1. The Balaban J connectivity index is 1.75. The zero-order chi connectivity index (χ0) is 18.5. The maximum Gasteiger partial charge on any atom is 0.263 e. The molecular weight excluding hydrogens is 340 g/mol. The molecule has 1 aliphatic heterocycles. The van der Waals surface area contributed by atoms with E-state index in [0.29, 0.717) is 30.9 Å². The van der Waals surface area contributed by atoms with Gasteiger partial charge in [-0.25, -0.2) is 8.42 Å². The van der Waals surface area contributed by atoms with Gasteiger partial charge in [-0.05, 0) is 38.8 Å². The van der Waals surface area contributed by atoms with E-state index in [1.807, 2.05) is 13.8 Å². The van der Waals surface area contributed by atoms with Gasteiger partial charge < -0.3 is 11.1 Å². The van der Waals surface area contributed by atoms with E-state index in [1.165, 1.54) is 0 Å². The number of sulfonamides is 1. The van der Waals surface area contributed by atoms with Crippen LogP contribution in [0.5, 0.6) is 0 Å². The molecule has 0 radical (unpaired) electrons. The number of amidine groups is 1. The number of rotatable bonds is 8. The first-order valence-corrected chi connectivity index (χ1v) is 9.91. The highest BCUT2D eigenvalue weighted by Gasteiger charge is 2.29. The minimum Gasteiger partial charge on any atom is -0.350 e. The van der Waals surface area contributed by atoms with Crippen LogP contribution in [0.3, 0.4) is 0 Å². The van der Waals surface area contributed by atoms with Crippen LogP contribution < -0.4 is 15.8 Å². The van der Waals surface area contributed by atoms with Gasteiger partial charge in [0, 0.05) is 30.6 Å². The van der Waals surface area contributed by atoms with Crippen LogP contribution in [0.4, 0.5) is 0 Å². The standard InChI is InChI=1S/C17H26N4O3S/c1-17(2,12-18)20-15(22)10-4-3-7-11-19-16-13-8-5-6-9-14(13)25(23,24)21-16/h5-6,8-9H,3-4,7,10-12,18H2,1-2H3,(H,19,21)(H,20,22). The highest BCUT2D eigenvalue weighted by atomic mass is 32.2. The van der Waals surface area contributed by atoms with Crippen molar-refractivity contribution in [1.82, 2.24) is 10.0 Å². The number of amides is 1. The third-order valence-electron chi connectivity index (χ3n) is 3.98. The summed E-state index contributed by atoms with van der Waals surface area (Å²) in [6, 6.07) is 6.80. The Morgan fingerprint density at radius 1 is 1.24 bits per heavy atom. The largest absolute Gasteiger partial charge is 0.350 e. The summed E-state index contributed by atoms with van der Waals surface area (Å²) in [5.74, 6) is 0.400. The lowest BCUT2D eigenvalue weighted by atomic mass is 10.1. The van der Waals surface area contributed by atoms with Crippen LogP contribution >= 0.6 is 0 Å². The quantitative estimate of drug-likeness (QED) is 0.599. The molecule has 0 aliphatic carbocycles. The first kappa shape index (κ1) is 19.4. The number of benzene rings is 1. The molecular formula is C17H26N4O3S. The molecule has 0 fully saturated rings. The molecule has 138 valence electrons. The van der Waals surface area contributed by atoms with Gasteiger partial charge in [0.1, 0.15) is 5.84 Å². The lowest BCUT2D eigenvalue weighted by Crippen LogP contribution is -2.48. The van der Waals surface area contributed by atoms with Crippen molar-refractivity contribution in [3.05, 3.63) is 29.8 Å². The summed E-state index contributed by atoms with van der Waals surface area (Å²) in [6.45, 7) is 4.69. The number of unbranched alkanes of at least 4 members (excludes halogenated alkanes) is 2. The smallest absolute Gasteiger partial charge is 0.263 e. The van der Waals surface area contributed by atoms with Gasteiger partial charge in [0.2, 0.25) is 5.91 Å². The normalized spacial score (nSPS) is 17.2. The van der Waals surface area contributed by atoms with E-state index in [0.717, 1.165) is 19.3 Å². The lowest BCUT2D eigenvalue weighted by Gasteiger charge is -2.24. The number of aliphatic imine (C=N–C) groups is 1. The van der Waals surface area contributed by atoms with E-state index < -0.39 is 10.0 Å². The fourth-order valence-corrected chi connectivity index (χ4v) is 3.76. The molecule has 0 saturated heterocycles. The zero-order valence-corrected chi connectivity index (χ0v) is 15.5. The molecule has 0 aromatic heterocycles. The Bertz CT molecular complexity index is 757. The van der Waals surface area contributed by atoms with Crippen LogP contribution in [-0.4, -0.2) is 38.8 Å². The van der Waals surface area contributed by atoms with Crippen LogP contribution in [0.2, 0.25) is 0 Å². The van der Waals surface area contributed by atoms with E-state index in [1.54, 1.807) is 24.3 Å². The van der Waals surface area contributed by atoms with E-state index in [4.69, 9.17) is 5.73 Å². The van der Waals surface area contributed by atoms with Gasteiger partial charge in [0.05, 0.1) is 4.90 Å². The summed E-state index contributed by atoms with van der Waals surface area (Å²) in [4.78, 5) is 16.4. The van der Waals surface area contributed by atoms with Crippen molar-refractivity contribution in [3.8, 4) is 0 Å². The molecule has 4 N–H and O–H groups in total. The van der Waals surface area contributed by atoms with E-state index >= 15 is 0 Å². The highest BCUT2D eigenvalue weighted by Crippen LogP contribution is 2.22. The van der Waals surface area contributed by atoms with E-state index in [2.05, 4.69) is 15.0 Å². The van der Waals surface area contributed by atoms with Crippen molar-refractivity contribution in [3.63, 3.8) is 0 Å². The Hall–Kier alpha value is -1.93. The van der Waals surface area contributed by atoms with Crippen LogP contribution in [0, 0.1) is 0 Å². The molecule has 25 heavy (non-hydrogen) atoms. The number of hydrogen-bond donors (Lipinski definition) is 3. The van der Waals surface area contributed by atoms with Gasteiger partial charge in [0.15, 0.2) is 0 Å². The molecule has 8 heteroatoms. The Labute approximate surface area is 149 Å². The zero-order valence-electron chi connectivity index (χ0n) is 14.7. The molecule has 1 amide bonds. The first-order valence-electron chi connectivity index (χ1n) is 8.43. The molecule has 1 aromatic rings. The molecule has 2 rings (SSSR count). The highest BCUT2D eigenvalue weighted by molar-refractivity contribution is 7.90.